The minimum atomic E-state index is -0.698. The topological polar surface area (TPSA) is 43.8 Å². The maximum absolute atomic E-state index is 13.8. The fourth-order valence-corrected chi connectivity index (χ4v) is 3.09. The Hall–Kier alpha value is -2.43. The van der Waals surface area contributed by atoms with Crippen LogP contribution >= 0.6 is 0 Å². The van der Waals surface area contributed by atoms with Gasteiger partial charge in [-0.2, -0.15) is 0 Å². The van der Waals surface area contributed by atoms with Gasteiger partial charge in [0.05, 0.1) is 5.52 Å². The highest BCUT2D eigenvalue weighted by molar-refractivity contribution is 5.81. The molecule has 4 rings (SSSR count). The third-order valence-electron chi connectivity index (χ3n) is 4.04. The van der Waals surface area contributed by atoms with Crippen LogP contribution in [0.2, 0.25) is 0 Å². The van der Waals surface area contributed by atoms with Crippen molar-refractivity contribution in [1.82, 2.24) is 9.55 Å². The van der Waals surface area contributed by atoms with E-state index in [-0.39, 0.29) is 11.5 Å². The van der Waals surface area contributed by atoms with Crippen LogP contribution in [0.25, 0.3) is 16.7 Å². The molecule has 2 aromatic carbocycles. The molecule has 3 nitrogen and oxygen atoms in total. The second kappa shape index (κ2) is 4.28. The molecule has 5 heteroatoms. The maximum Gasteiger partial charge on any atom is 0.206 e. The zero-order valence-electron chi connectivity index (χ0n) is 11.2. The fraction of sp³-hybridized carbons (Fsp3) is 0.188. The van der Waals surface area contributed by atoms with Crippen LogP contribution in [-0.2, 0) is 12.8 Å². The van der Waals surface area contributed by atoms with Gasteiger partial charge in [-0.05, 0) is 42.5 Å². The number of imidazole rings is 1. The van der Waals surface area contributed by atoms with Gasteiger partial charge in [-0.25, -0.2) is 13.8 Å². The summed E-state index contributed by atoms with van der Waals surface area (Å²) < 4.78 is 28.9. The van der Waals surface area contributed by atoms with Crippen molar-refractivity contribution in [2.75, 3.05) is 5.73 Å². The van der Waals surface area contributed by atoms with Gasteiger partial charge in [0.25, 0.3) is 0 Å². The molecule has 0 radical (unpaired) electrons. The quantitative estimate of drug-likeness (QED) is 0.745. The highest BCUT2D eigenvalue weighted by Gasteiger charge is 2.17. The van der Waals surface area contributed by atoms with Crippen molar-refractivity contribution in [1.29, 1.82) is 0 Å². The van der Waals surface area contributed by atoms with E-state index >= 15 is 0 Å². The van der Waals surface area contributed by atoms with Crippen molar-refractivity contribution in [3.05, 3.63) is 53.1 Å². The van der Waals surface area contributed by atoms with Crippen LogP contribution in [0.15, 0.2) is 30.3 Å². The highest BCUT2D eigenvalue weighted by Crippen LogP contribution is 2.29. The first kappa shape index (κ1) is 12.3. The molecule has 3 aromatic rings. The van der Waals surface area contributed by atoms with Crippen LogP contribution in [-0.4, -0.2) is 9.55 Å². The van der Waals surface area contributed by atoms with Crippen LogP contribution in [0.5, 0.6) is 0 Å². The van der Waals surface area contributed by atoms with E-state index in [2.05, 4.69) is 11.1 Å². The number of nitrogens with two attached hydrogens (primary N) is 1. The van der Waals surface area contributed by atoms with E-state index in [4.69, 9.17) is 5.73 Å². The lowest BCUT2D eigenvalue weighted by Crippen LogP contribution is -2.01. The Morgan fingerprint density at radius 2 is 1.86 bits per heavy atom. The van der Waals surface area contributed by atoms with E-state index in [1.54, 1.807) is 4.57 Å². The summed E-state index contributed by atoms with van der Waals surface area (Å²) in [4.78, 5) is 4.02. The van der Waals surface area contributed by atoms with E-state index in [9.17, 15) is 8.78 Å². The van der Waals surface area contributed by atoms with Crippen molar-refractivity contribution in [2.45, 2.75) is 19.3 Å². The summed E-state index contributed by atoms with van der Waals surface area (Å²) in [5.74, 6) is -1.17. The Labute approximate surface area is 120 Å². The minimum Gasteiger partial charge on any atom is -0.369 e. The molecule has 0 saturated heterocycles. The number of fused-ring (bicyclic) bond motifs is 2. The molecule has 0 bridgehead atoms. The molecule has 0 atom stereocenters. The molecule has 0 saturated carbocycles. The first-order valence-corrected chi connectivity index (χ1v) is 6.88. The molecule has 0 spiro atoms. The van der Waals surface area contributed by atoms with E-state index < -0.39 is 11.6 Å². The van der Waals surface area contributed by atoms with Gasteiger partial charge in [0, 0.05) is 17.8 Å². The Morgan fingerprint density at radius 1 is 1.05 bits per heavy atom. The van der Waals surface area contributed by atoms with E-state index in [0.29, 0.717) is 5.52 Å². The molecule has 0 fully saturated rings. The largest absolute Gasteiger partial charge is 0.369 e. The normalized spacial score (nSPS) is 13.8. The van der Waals surface area contributed by atoms with Gasteiger partial charge in [-0.3, -0.25) is 4.57 Å². The molecule has 2 N–H and O–H groups in total. The first-order chi connectivity index (χ1) is 10.1. The van der Waals surface area contributed by atoms with Crippen LogP contribution in [0, 0.1) is 11.6 Å². The molecular formula is C16H13F2N3. The Balaban J connectivity index is 2.00. The molecule has 1 aliphatic carbocycles. The Kier molecular flexibility index (Phi) is 2.51. The molecule has 21 heavy (non-hydrogen) atoms. The van der Waals surface area contributed by atoms with Crippen LogP contribution < -0.4 is 5.73 Å². The third-order valence-corrected chi connectivity index (χ3v) is 4.04. The third kappa shape index (κ3) is 1.81. The summed E-state index contributed by atoms with van der Waals surface area (Å²) in [6.45, 7) is 0. The number of anilines is 1. The zero-order valence-corrected chi connectivity index (χ0v) is 11.2. The fourth-order valence-electron chi connectivity index (χ4n) is 3.09. The van der Waals surface area contributed by atoms with Gasteiger partial charge in [0.2, 0.25) is 5.95 Å². The van der Waals surface area contributed by atoms with Crippen LogP contribution in [0.4, 0.5) is 14.7 Å². The van der Waals surface area contributed by atoms with E-state index in [1.165, 1.54) is 17.2 Å². The van der Waals surface area contributed by atoms with Crippen LogP contribution in [0.1, 0.15) is 17.5 Å². The van der Waals surface area contributed by atoms with Gasteiger partial charge in [0.1, 0.15) is 11.3 Å². The van der Waals surface area contributed by atoms with Crippen molar-refractivity contribution >= 4 is 17.0 Å². The van der Waals surface area contributed by atoms with Gasteiger partial charge in [0.15, 0.2) is 5.82 Å². The minimum absolute atomic E-state index is 0.0920. The lowest BCUT2D eigenvalue weighted by molar-refractivity contribution is 0.590. The molecule has 106 valence electrons. The number of aromatic nitrogens is 2. The van der Waals surface area contributed by atoms with Crippen molar-refractivity contribution in [3.8, 4) is 5.69 Å². The van der Waals surface area contributed by atoms with Crippen molar-refractivity contribution in [2.24, 2.45) is 0 Å². The number of benzene rings is 2. The first-order valence-electron chi connectivity index (χ1n) is 6.88. The lowest BCUT2D eigenvalue weighted by Gasteiger charge is -2.09. The number of nitrogens with zero attached hydrogens (tertiary/aromatic N) is 2. The monoisotopic (exact) mass is 285 g/mol. The lowest BCUT2D eigenvalue weighted by atomic mass is 10.1. The number of halogens is 2. The number of hydrogen-bond acceptors (Lipinski definition) is 2. The van der Waals surface area contributed by atoms with Crippen molar-refractivity contribution < 1.29 is 8.78 Å². The van der Waals surface area contributed by atoms with Gasteiger partial charge >= 0.3 is 0 Å². The Bertz CT molecular complexity index is 868. The van der Waals surface area contributed by atoms with E-state index in [0.717, 1.165) is 31.0 Å². The summed E-state index contributed by atoms with van der Waals surface area (Å²) in [5, 5.41) is 0. The summed E-state index contributed by atoms with van der Waals surface area (Å²) in [7, 11) is 0. The molecule has 1 aromatic heterocycles. The average Bonchev–Trinajstić information content (AvgIpc) is 3.01. The Morgan fingerprint density at radius 3 is 2.71 bits per heavy atom. The summed E-state index contributed by atoms with van der Waals surface area (Å²) in [6, 6.07) is 8.09. The average molecular weight is 285 g/mol. The van der Waals surface area contributed by atoms with E-state index in [1.807, 2.05) is 12.1 Å². The number of rotatable bonds is 1. The van der Waals surface area contributed by atoms with Gasteiger partial charge in [-0.1, -0.05) is 6.07 Å². The number of hydrogen-bond donors (Lipinski definition) is 1. The summed E-state index contributed by atoms with van der Waals surface area (Å²) in [6.07, 6.45) is 3.25. The smallest absolute Gasteiger partial charge is 0.206 e. The molecule has 1 aliphatic rings. The van der Waals surface area contributed by atoms with Gasteiger partial charge in [-0.15, -0.1) is 0 Å². The van der Waals surface area contributed by atoms with Crippen molar-refractivity contribution in [3.63, 3.8) is 0 Å². The standard InChI is InChI=1S/C16H13F2N3/c17-11-7-13(18)15-14(8-11)21(16(19)20-15)12-5-4-9-2-1-3-10(9)6-12/h4-8H,1-3H2,(H2,19,20). The summed E-state index contributed by atoms with van der Waals surface area (Å²) >= 11 is 0. The highest BCUT2D eigenvalue weighted by atomic mass is 19.1. The van der Waals surface area contributed by atoms with Gasteiger partial charge < -0.3 is 5.73 Å². The molecule has 0 unspecified atom stereocenters. The van der Waals surface area contributed by atoms with Crippen LogP contribution in [0.3, 0.4) is 0 Å². The second-order valence-corrected chi connectivity index (χ2v) is 5.37. The molecule has 1 heterocycles. The maximum atomic E-state index is 13.8. The second-order valence-electron chi connectivity index (χ2n) is 5.37. The predicted octanol–water partition coefficient (Wildman–Crippen LogP) is 3.37. The number of aryl methyl sites for hydroxylation is 2. The predicted molar refractivity (Wildman–Crippen MR) is 77.4 cm³/mol. The molecule has 0 aliphatic heterocycles. The SMILES string of the molecule is Nc1nc2c(F)cc(F)cc2n1-c1ccc2c(c1)CCC2. The summed E-state index contributed by atoms with van der Waals surface area (Å²) in [5.41, 5.74) is 9.75. The molecule has 0 amide bonds. The zero-order chi connectivity index (χ0) is 14.6. The molecular weight excluding hydrogens is 272 g/mol. The number of nitrogen functional groups attached to an aromatic ring is 1.